The summed E-state index contributed by atoms with van der Waals surface area (Å²) in [5, 5.41) is 20.5. The average Bonchev–Trinajstić information content (AvgIpc) is 1.83. The highest BCUT2D eigenvalue weighted by Crippen LogP contribution is 2.13. The molecule has 0 aromatic carbocycles. The van der Waals surface area contributed by atoms with Crippen molar-refractivity contribution in [2.24, 2.45) is 11.8 Å². The van der Waals surface area contributed by atoms with Crippen LogP contribution < -0.4 is 10.2 Å². The zero-order valence-electron chi connectivity index (χ0n) is 7.20. The summed E-state index contributed by atoms with van der Waals surface area (Å²) in [5.74, 6) is -3.43. The molecule has 0 aliphatic carbocycles. The maximum Gasteiger partial charge on any atom is 0.0449 e. The highest BCUT2D eigenvalue weighted by Gasteiger charge is 2.11. The smallest absolute Gasteiger partial charge is 0.0449 e. The molecule has 70 valence electrons. The van der Waals surface area contributed by atoms with Gasteiger partial charge >= 0.3 is 0 Å². The summed E-state index contributed by atoms with van der Waals surface area (Å²) >= 11 is 0. The lowest BCUT2D eigenvalue weighted by Crippen LogP contribution is -2.36. The van der Waals surface area contributed by atoms with Crippen molar-refractivity contribution in [3.63, 3.8) is 0 Å². The Morgan fingerprint density at radius 1 is 1.25 bits per heavy atom. The van der Waals surface area contributed by atoms with Gasteiger partial charge in [0.15, 0.2) is 0 Å². The summed E-state index contributed by atoms with van der Waals surface area (Å²) in [4.78, 5) is 20.5. The van der Waals surface area contributed by atoms with Crippen molar-refractivity contribution >= 4 is 11.9 Å². The molecule has 0 heterocycles. The molecule has 0 aliphatic heterocycles. The first kappa shape index (κ1) is 10.9. The molecule has 0 unspecified atom stereocenters. The molecule has 4 nitrogen and oxygen atoms in total. The highest BCUT2D eigenvalue weighted by molar-refractivity contribution is 5.75. The molecule has 0 saturated heterocycles. The van der Waals surface area contributed by atoms with Crippen LogP contribution in [0.1, 0.15) is 26.7 Å². The molecule has 12 heavy (non-hydrogen) atoms. The molecule has 0 N–H and O–H groups in total. The first-order valence-corrected chi connectivity index (χ1v) is 3.84. The second-order valence-electron chi connectivity index (χ2n) is 3.22. The van der Waals surface area contributed by atoms with Crippen molar-refractivity contribution in [2.45, 2.75) is 26.7 Å². The third-order valence-electron chi connectivity index (χ3n) is 1.50. The standard InChI is InChI=1S/C8H14O4/c1-5(2)3-6(8(11)12)4-7(9)10/h5-6H,3-4H2,1-2H3,(H,9,10)(H,11,12)/p-2/t6-/m1/s1. The lowest BCUT2D eigenvalue weighted by molar-refractivity contribution is -0.321. The van der Waals surface area contributed by atoms with Crippen molar-refractivity contribution in [2.75, 3.05) is 0 Å². The number of rotatable bonds is 5. The first-order chi connectivity index (χ1) is 5.43. The van der Waals surface area contributed by atoms with Crippen molar-refractivity contribution in [1.82, 2.24) is 0 Å². The van der Waals surface area contributed by atoms with Crippen LogP contribution in [0.2, 0.25) is 0 Å². The zero-order chi connectivity index (χ0) is 9.72. The number of carboxylic acids is 2. The van der Waals surface area contributed by atoms with Crippen molar-refractivity contribution in [1.29, 1.82) is 0 Å². The molecule has 0 aromatic rings. The van der Waals surface area contributed by atoms with Gasteiger partial charge in [-0.15, -0.1) is 0 Å². The Bertz CT molecular complexity index is 174. The molecule has 0 radical (unpaired) electrons. The fraction of sp³-hybridized carbons (Fsp3) is 0.750. The van der Waals surface area contributed by atoms with E-state index in [2.05, 4.69) is 0 Å². The Morgan fingerprint density at radius 3 is 2.00 bits per heavy atom. The average molecular weight is 172 g/mol. The zero-order valence-corrected chi connectivity index (χ0v) is 7.20. The van der Waals surface area contributed by atoms with Crippen LogP contribution >= 0.6 is 0 Å². The van der Waals surface area contributed by atoms with Gasteiger partial charge in [-0.05, 0) is 18.8 Å². The third kappa shape index (κ3) is 4.71. The monoisotopic (exact) mass is 172 g/mol. The first-order valence-electron chi connectivity index (χ1n) is 3.84. The molecule has 0 amide bonds. The van der Waals surface area contributed by atoms with E-state index < -0.39 is 24.3 Å². The van der Waals surface area contributed by atoms with Gasteiger partial charge in [-0.25, -0.2) is 0 Å². The number of aliphatic carboxylic acids is 2. The van der Waals surface area contributed by atoms with Gasteiger partial charge in [-0.1, -0.05) is 13.8 Å². The number of carboxylic acid groups (broad SMARTS) is 2. The van der Waals surface area contributed by atoms with Crippen LogP contribution in [-0.4, -0.2) is 11.9 Å². The van der Waals surface area contributed by atoms with E-state index in [4.69, 9.17) is 0 Å². The largest absolute Gasteiger partial charge is 0.550 e. The van der Waals surface area contributed by atoms with Gasteiger partial charge in [0.1, 0.15) is 0 Å². The van der Waals surface area contributed by atoms with Crippen LogP contribution in [0.4, 0.5) is 0 Å². The van der Waals surface area contributed by atoms with E-state index in [0.717, 1.165) is 0 Å². The Hall–Kier alpha value is -1.06. The number of hydrogen-bond acceptors (Lipinski definition) is 4. The molecule has 0 aliphatic rings. The quantitative estimate of drug-likeness (QED) is 0.507. The van der Waals surface area contributed by atoms with Crippen molar-refractivity contribution in [3.05, 3.63) is 0 Å². The number of hydrogen-bond donors (Lipinski definition) is 0. The summed E-state index contributed by atoms with van der Waals surface area (Å²) < 4.78 is 0. The molecule has 0 aromatic heterocycles. The molecule has 4 heteroatoms. The predicted molar refractivity (Wildman–Crippen MR) is 37.6 cm³/mol. The van der Waals surface area contributed by atoms with Gasteiger partial charge in [-0.2, -0.15) is 0 Å². The summed E-state index contributed by atoms with van der Waals surface area (Å²) in [6.07, 6.45) is -0.142. The fourth-order valence-electron chi connectivity index (χ4n) is 1.03. The van der Waals surface area contributed by atoms with Crippen molar-refractivity contribution < 1.29 is 19.8 Å². The summed E-state index contributed by atoms with van der Waals surface area (Å²) in [7, 11) is 0. The van der Waals surface area contributed by atoms with Crippen LogP contribution in [0.3, 0.4) is 0 Å². The Morgan fingerprint density at radius 2 is 1.75 bits per heavy atom. The van der Waals surface area contributed by atoms with E-state index >= 15 is 0 Å². The molecule has 0 bridgehead atoms. The summed E-state index contributed by atoms with van der Waals surface area (Å²) in [5.41, 5.74) is 0. The topological polar surface area (TPSA) is 80.3 Å². The minimum absolute atomic E-state index is 0.146. The second-order valence-corrected chi connectivity index (χ2v) is 3.22. The van der Waals surface area contributed by atoms with Crippen LogP contribution in [0, 0.1) is 11.8 Å². The summed E-state index contributed by atoms with van der Waals surface area (Å²) in [6.45, 7) is 3.65. The second kappa shape index (κ2) is 4.74. The maximum absolute atomic E-state index is 10.4. The van der Waals surface area contributed by atoms with Gasteiger partial charge in [0, 0.05) is 17.9 Å². The molecule has 0 spiro atoms. The summed E-state index contributed by atoms with van der Waals surface area (Å²) in [6, 6.07) is 0. The lowest BCUT2D eigenvalue weighted by atomic mass is 9.94. The molecule has 0 saturated carbocycles. The molecule has 0 fully saturated rings. The Labute approximate surface area is 71.2 Å². The van der Waals surface area contributed by atoms with Crippen molar-refractivity contribution in [3.8, 4) is 0 Å². The van der Waals surface area contributed by atoms with Gasteiger partial charge in [-0.3, -0.25) is 0 Å². The van der Waals surface area contributed by atoms with Gasteiger partial charge in [0.2, 0.25) is 0 Å². The van der Waals surface area contributed by atoms with E-state index in [-0.39, 0.29) is 5.92 Å². The molecule has 0 rings (SSSR count). The Kier molecular flexibility index (Phi) is 4.33. The maximum atomic E-state index is 10.4. The van der Waals surface area contributed by atoms with Crippen LogP contribution in [0.25, 0.3) is 0 Å². The van der Waals surface area contributed by atoms with Gasteiger partial charge in [0.05, 0.1) is 0 Å². The van der Waals surface area contributed by atoms with E-state index in [1.54, 1.807) is 0 Å². The Balaban J connectivity index is 4.04. The third-order valence-corrected chi connectivity index (χ3v) is 1.50. The van der Waals surface area contributed by atoms with Gasteiger partial charge < -0.3 is 19.8 Å². The van der Waals surface area contributed by atoms with Crippen LogP contribution in [-0.2, 0) is 9.59 Å². The molecular formula is C8H12O4-2. The molecule has 1 atom stereocenters. The van der Waals surface area contributed by atoms with Gasteiger partial charge in [0.25, 0.3) is 0 Å². The van der Waals surface area contributed by atoms with E-state index in [1.807, 2.05) is 13.8 Å². The normalized spacial score (nSPS) is 12.9. The SMILES string of the molecule is CC(C)C[C@H](CC(=O)[O-])C(=O)[O-]. The fourth-order valence-corrected chi connectivity index (χ4v) is 1.03. The van der Waals surface area contributed by atoms with E-state index in [1.165, 1.54) is 0 Å². The number of carbonyl (C=O) groups is 2. The van der Waals surface area contributed by atoms with E-state index in [9.17, 15) is 19.8 Å². The molecular weight excluding hydrogens is 160 g/mol. The lowest BCUT2D eigenvalue weighted by Gasteiger charge is -2.19. The van der Waals surface area contributed by atoms with Crippen LogP contribution in [0.5, 0.6) is 0 Å². The minimum atomic E-state index is -1.34. The highest BCUT2D eigenvalue weighted by atomic mass is 16.4. The number of carbonyl (C=O) groups excluding carboxylic acids is 2. The minimum Gasteiger partial charge on any atom is -0.550 e. The van der Waals surface area contributed by atoms with E-state index in [0.29, 0.717) is 6.42 Å². The predicted octanol–water partition coefficient (Wildman–Crippen LogP) is -1.46. The van der Waals surface area contributed by atoms with Crippen LogP contribution in [0.15, 0.2) is 0 Å².